The second-order valence-electron chi connectivity index (χ2n) is 5.25. The second kappa shape index (κ2) is 6.75. The van der Waals surface area contributed by atoms with Crippen LogP contribution in [-0.4, -0.2) is 23.2 Å². The van der Waals surface area contributed by atoms with Crippen LogP contribution in [0.3, 0.4) is 0 Å². The third-order valence-corrected chi connectivity index (χ3v) is 3.66. The van der Waals surface area contributed by atoms with Crippen molar-refractivity contribution in [1.29, 1.82) is 0 Å². The van der Waals surface area contributed by atoms with Crippen LogP contribution in [0, 0.1) is 19.7 Å². The van der Waals surface area contributed by atoms with E-state index in [-0.39, 0.29) is 5.82 Å². The summed E-state index contributed by atoms with van der Waals surface area (Å²) in [7, 11) is 0. The molecule has 5 heteroatoms. The van der Waals surface area contributed by atoms with Crippen molar-refractivity contribution in [1.82, 2.24) is 4.57 Å². The average molecular weight is 304 g/mol. The van der Waals surface area contributed by atoms with E-state index in [9.17, 15) is 9.18 Å². The molecule has 0 radical (unpaired) electrons. The Labute approximate surface area is 129 Å². The molecule has 1 aromatic carbocycles. The number of hydrogen-bond donors (Lipinski definition) is 1. The van der Waals surface area contributed by atoms with Gasteiger partial charge in [-0.1, -0.05) is 12.1 Å². The minimum atomic E-state index is -0.713. The summed E-state index contributed by atoms with van der Waals surface area (Å²) >= 11 is 0. The van der Waals surface area contributed by atoms with E-state index >= 15 is 0 Å². The van der Waals surface area contributed by atoms with E-state index in [0.29, 0.717) is 18.7 Å². The molecule has 22 heavy (non-hydrogen) atoms. The highest BCUT2D eigenvalue weighted by Crippen LogP contribution is 2.23. The molecule has 118 valence electrons. The monoisotopic (exact) mass is 304 g/mol. The Morgan fingerprint density at radius 3 is 2.68 bits per heavy atom. The van der Waals surface area contributed by atoms with E-state index in [1.54, 1.807) is 25.1 Å². The number of aromatic nitrogens is 1. The van der Waals surface area contributed by atoms with Crippen LogP contribution in [0.1, 0.15) is 23.9 Å². The van der Waals surface area contributed by atoms with Gasteiger partial charge in [0.15, 0.2) is 0 Å². The molecule has 0 fully saturated rings. The van der Waals surface area contributed by atoms with Crippen molar-refractivity contribution in [3.63, 3.8) is 0 Å². The van der Waals surface area contributed by atoms with Crippen molar-refractivity contribution >= 4 is 5.97 Å². The maximum absolute atomic E-state index is 14.0. The van der Waals surface area contributed by atoms with E-state index in [0.717, 1.165) is 17.0 Å². The standard InChI is InChI=1S/C17H21FN2O2/c1-4-22-17(21)15(19)10-13-9-11(2)20(12(13)3)16-8-6-5-7-14(16)18/h5-9,15H,4,10,19H2,1-3H3. The third-order valence-electron chi connectivity index (χ3n) is 3.66. The van der Waals surface area contributed by atoms with E-state index in [4.69, 9.17) is 10.5 Å². The lowest BCUT2D eigenvalue weighted by Gasteiger charge is -2.12. The van der Waals surface area contributed by atoms with Gasteiger partial charge in [-0.25, -0.2) is 4.39 Å². The maximum atomic E-state index is 14.0. The zero-order valence-corrected chi connectivity index (χ0v) is 13.1. The molecule has 0 saturated carbocycles. The van der Waals surface area contributed by atoms with Gasteiger partial charge < -0.3 is 15.0 Å². The van der Waals surface area contributed by atoms with Gasteiger partial charge in [0, 0.05) is 17.8 Å². The van der Waals surface area contributed by atoms with E-state index in [2.05, 4.69) is 0 Å². The van der Waals surface area contributed by atoms with Gasteiger partial charge in [-0.15, -0.1) is 0 Å². The molecule has 0 aliphatic heterocycles. The summed E-state index contributed by atoms with van der Waals surface area (Å²) in [6.45, 7) is 5.85. The number of para-hydroxylation sites is 1. The Morgan fingerprint density at radius 1 is 1.36 bits per heavy atom. The largest absolute Gasteiger partial charge is 0.465 e. The summed E-state index contributed by atoms with van der Waals surface area (Å²) in [5, 5.41) is 0. The van der Waals surface area contributed by atoms with E-state index in [1.807, 2.05) is 24.5 Å². The van der Waals surface area contributed by atoms with Gasteiger partial charge in [-0.05, 0) is 44.5 Å². The molecule has 0 amide bonds. The first-order valence-electron chi connectivity index (χ1n) is 7.30. The van der Waals surface area contributed by atoms with Gasteiger partial charge in [0.05, 0.1) is 12.3 Å². The second-order valence-corrected chi connectivity index (χ2v) is 5.25. The normalized spacial score (nSPS) is 12.2. The van der Waals surface area contributed by atoms with Crippen LogP contribution in [0.2, 0.25) is 0 Å². The van der Waals surface area contributed by atoms with Crippen LogP contribution in [0.4, 0.5) is 4.39 Å². The van der Waals surface area contributed by atoms with Gasteiger partial charge >= 0.3 is 5.97 Å². The summed E-state index contributed by atoms with van der Waals surface area (Å²) in [4.78, 5) is 11.7. The molecular formula is C17H21FN2O2. The molecule has 0 saturated heterocycles. The predicted octanol–water partition coefficient (Wildman–Crippen LogP) is 2.67. The number of nitrogens with two attached hydrogens (primary N) is 1. The Morgan fingerprint density at radius 2 is 2.05 bits per heavy atom. The lowest BCUT2D eigenvalue weighted by Crippen LogP contribution is -2.34. The maximum Gasteiger partial charge on any atom is 0.323 e. The van der Waals surface area contributed by atoms with Gasteiger partial charge in [-0.2, -0.15) is 0 Å². The smallest absolute Gasteiger partial charge is 0.323 e. The summed E-state index contributed by atoms with van der Waals surface area (Å²) in [5.74, 6) is -0.705. The van der Waals surface area contributed by atoms with Crippen molar-refractivity contribution in [2.75, 3.05) is 6.61 Å². The lowest BCUT2D eigenvalue weighted by atomic mass is 10.1. The number of ether oxygens (including phenoxy) is 1. The van der Waals surface area contributed by atoms with Gasteiger partial charge in [0.1, 0.15) is 11.9 Å². The van der Waals surface area contributed by atoms with Crippen LogP contribution in [0.15, 0.2) is 30.3 Å². The minimum absolute atomic E-state index is 0.287. The first kappa shape index (κ1) is 16.2. The number of halogens is 1. The van der Waals surface area contributed by atoms with Crippen molar-refractivity contribution in [3.8, 4) is 5.69 Å². The average Bonchev–Trinajstić information content (AvgIpc) is 2.74. The number of aryl methyl sites for hydroxylation is 1. The van der Waals surface area contributed by atoms with Crippen LogP contribution in [0.5, 0.6) is 0 Å². The lowest BCUT2D eigenvalue weighted by molar-refractivity contribution is -0.144. The van der Waals surface area contributed by atoms with Gasteiger partial charge in [0.25, 0.3) is 0 Å². The molecule has 4 nitrogen and oxygen atoms in total. The SMILES string of the molecule is CCOC(=O)C(N)Cc1cc(C)n(-c2ccccc2F)c1C. The Hall–Kier alpha value is -2.14. The fourth-order valence-electron chi connectivity index (χ4n) is 2.61. The molecule has 0 bridgehead atoms. The number of carbonyl (C=O) groups is 1. The van der Waals surface area contributed by atoms with E-state index in [1.165, 1.54) is 6.07 Å². The highest BCUT2D eigenvalue weighted by atomic mass is 19.1. The van der Waals surface area contributed by atoms with Crippen molar-refractivity contribution in [2.45, 2.75) is 33.2 Å². The summed E-state index contributed by atoms with van der Waals surface area (Å²) < 4.78 is 20.8. The Bertz CT molecular complexity index is 679. The van der Waals surface area contributed by atoms with E-state index < -0.39 is 12.0 Å². The Kier molecular flexibility index (Phi) is 4.98. The quantitative estimate of drug-likeness (QED) is 0.864. The van der Waals surface area contributed by atoms with Crippen LogP contribution >= 0.6 is 0 Å². The first-order chi connectivity index (χ1) is 10.5. The molecule has 2 aromatic rings. The number of rotatable bonds is 5. The molecule has 0 aliphatic rings. The summed E-state index contributed by atoms with van der Waals surface area (Å²) in [6.07, 6.45) is 0.368. The minimum Gasteiger partial charge on any atom is -0.465 e. The number of carbonyl (C=O) groups excluding carboxylic acids is 1. The van der Waals surface area contributed by atoms with Gasteiger partial charge in [0.2, 0.25) is 0 Å². The number of esters is 1. The van der Waals surface area contributed by atoms with Crippen molar-refractivity contribution in [2.24, 2.45) is 5.73 Å². The highest BCUT2D eigenvalue weighted by Gasteiger charge is 2.19. The molecule has 0 spiro atoms. The van der Waals surface area contributed by atoms with Crippen LogP contribution in [0.25, 0.3) is 5.69 Å². The number of nitrogens with zero attached hydrogens (tertiary/aromatic N) is 1. The molecule has 2 N–H and O–H groups in total. The number of hydrogen-bond acceptors (Lipinski definition) is 3. The topological polar surface area (TPSA) is 57.2 Å². The molecule has 1 unspecified atom stereocenters. The molecule has 1 atom stereocenters. The highest BCUT2D eigenvalue weighted by molar-refractivity contribution is 5.76. The fourth-order valence-corrected chi connectivity index (χ4v) is 2.61. The molecule has 0 aliphatic carbocycles. The fraction of sp³-hybridized carbons (Fsp3) is 0.353. The molecule has 2 rings (SSSR count). The van der Waals surface area contributed by atoms with Crippen LogP contribution in [-0.2, 0) is 16.0 Å². The first-order valence-corrected chi connectivity index (χ1v) is 7.30. The van der Waals surface area contributed by atoms with Gasteiger partial charge in [-0.3, -0.25) is 4.79 Å². The predicted molar refractivity (Wildman–Crippen MR) is 83.5 cm³/mol. The third kappa shape index (κ3) is 3.20. The van der Waals surface area contributed by atoms with Crippen molar-refractivity contribution < 1.29 is 13.9 Å². The molecule has 1 aromatic heterocycles. The number of benzene rings is 1. The molecular weight excluding hydrogens is 283 g/mol. The van der Waals surface area contributed by atoms with Crippen LogP contribution < -0.4 is 5.73 Å². The zero-order valence-electron chi connectivity index (χ0n) is 13.1. The zero-order chi connectivity index (χ0) is 16.3. The summed E-state index contributed by atoms with van der Waals surface area (Å²) in [6, 6.07) is 7.82. The summed E-state index contributed by atoms with van der Waals surface area (Å²) in [5.41, 5.74) is 9.06. The van der Waals surface area contributed by atoms with Crippen molar-refractivity contribution in [3.05, 3.63) is 53.1 Å². The molecule has 1 heterocycles. The Balaban J connectivity index is 2.32.